The quantitative estimate of drug-likeness (QED) is 0.840. The van der Waals surface area contributed by atoms with Gasteiger partial charge in [-0.1, -0.05) is 6.07 Å². The van der Waals surface area contributed by atoms with Crippen molar-refractivity contribution in [2.24, 2.45) is 5.41 Å². The molecule has 0 amide bonds. The number of nitrogens with one attached hydrogen (secondary N) is 1. The van der Waals surface area contributed by atoms with Crippen LogP contribution in [0.25, 0.3) is 0 Å². The number of hydrogen-bond donors (Lipinski definition) is 1. The molecule has 1 fully saturated rings. The van der Waals surface area contributed by atoms with E-state index in [0.29, 0.717) is 5.41 Å². The summed E-state index contributed by atoms with van der Waals surface area (Å²) in [5.74, 6) is 0. The van der Waals surface area contributed by atoms with E-state index in [-0.39, 0.29) is 0 Å². The summed E-state index contributed by atoms with van der Waals surface area (Å²) >= 11 is 0. The Morgan fingerprint density at radius 2 is 1.94 bits per heavy atom. The van der Waals surface area contributed by atoms with Crippen LogP contribution in [0, 0.1) is 19.3 Å². The molecule has 0 radical (unpaired) electrons. The van der Waals surface area contributed by atoms with Crippen LogP contribution in [-0.2, 0) is 0 Å². The van der Waals surface area contributed by atoms with Gasteiger partial charge in [0.25, 0.3) is 0 Å². The summed E-state index contributed by atoms with van der Waals surface area (Å²) in [7, 11) is 4.26. The summed E-state index contributed by atoms with van der Waals surface area (Å²) in [5, 5.41) is 3.32. The van der Waals surface area contributed by atoms with Crippen molar-refractivity contribution in [1.82, 2.24) is 5.32 Å². The molecule has 1 saturated carbocycles. The smallest absolute Gasteiger partial charge is 0.0366 e. The zero-order valence-corrected chi connectivity index (χ0v) is 11.5. The Bertz CT molecular complexity index is 394. The van der Waals surface area contributed by atoms with E-state index < -0.39 is 0 Å². The predicted molar refractivity (Wildman–Crippen MR) is 74.8 cm³/mol. The molecule has 0 aliphatic heterocycles. The second kappa shape index (κ2) is 4.69. The van der Waals surface area contributed by atoms with E-state index in [1.165, 1.54) is 29.7 Å². The van der Waals surface area contributed by atoms with Crippen LogP contribution < -0.4 is 10.2 Å². The highest BCUT2D eigenvalue weighted by Crippen LogP contribution is 2.45. The van der Waals surface area contributed by atoms with Crippen LogP contribution in [-0.4, -0.2) is 27.2 Å². The third-order valence-corrected chi connectivity index (χ3v) is 4.01. The molecule has 0 aromatic heterocycles. The Kier molecular flexibility index (Phi) is 3.43. The molecule has 0 heterocycles. The molecule has 0 unspecified atom stereocenters. The number of hydrogen-bond acceptors (Lipinski definition) is 2. The first-order valence-electron chi connectivity index (χ1n) is 6.49. The molecule has 1 aliphatic rings. The second-order valence-electron chi connectivity index (χ2n) is 5.65. The number of anilines is 1. The summed E-state index contributed by atoms with van der Waals surface area (Å²) in [6, 6.07) is 6.75. The lowest BCUT2D eigenvalue weighted by Gasteiger charge is -2.26. The van der Waals surface area contributed by atoms with Crippen LogP contribution in [0.2, 0.25) is 0 Å². The summed E-state index contributed by atoms with van der Waals surface area (Å²) in [6.45, 7) is 6.66. The van der Waals surface area contributed by atoms with Crippen molar-refractivity contribution < 1.29 is 0 Å². The molecule has 0 spiro atoms. The van der Waals surface area contributed by atoms with Gasteiger partial charge in [0.15, 0.2) is 0 Å². The third kappa shape index (κ3) is 2.81. The van der Waals surface area contributed by atoms with Crippen molar-refractivity contribution in [3.8, 4) is 0 Å². The molecular formula is C15H24N2. The van der Waals surface area contributed by atoms with Crippen molar-refractivity contribution >= 4 is 5.69 Å². The van der Waals surface area contributed by atoms with E-state index in [4.69, 9.17) is 0 Å². The van der Waals surface area contributed by atoms with Gasteiger partial charge in [-0.05, 0) is 57.0 Å². The van der Waals surface area contributed by atoms with Crippen molar-refractivity contribution in [1.29, 1.82) is 0 Å². The second-order valence-corrected chi connectivity index (χ2v) is 5.65. The van der Waals surface area contributed by atoms with E-state index in [1.54, 1.807) is 0 Å². The molecular weight excluding hydrogens is 208 g/mol. The minimum Gasteiger partial charge on any atom is -0.374 e. The van der Waals surface area contributed by atoms with E-state index in [9.17, 15) is 0 Å². The van der Waals surface area contributed by atoms with Crippen LogP contribution in [0.3, 0.4) is 0 Å². The molecule has 1 aliphatic carbocycles. The van der Waals surface area contributed by atoms with Gasteiger partial charge in [0.05, 0.1) is 0 Å². The van der Waals surface area contributed by atoms with Crippen LogP contribution in [0.5, 0.6) is 0 Å². The topological polar surface area (TPSA) is 15.3 Å². The number of nitrogens with zero attached hydrogens (tertiary/aromatic N) is 1. The first kappa shape index (κ1) is 12.4. The van der Waals surface area contributed by atoms with Gasteiger partial charge in [0.1, 0.15) is 0 Å². The zero-order valence-electron chi connectivity index (χ0n) is 11.5. The number of rotatable bonds is 5. The lowest BCUT2D eigenvalue weighted by Crippen LogP contribution is -2.32. The maximum absolute atomic E-state index is 3.32. The van der Waals surface area contributed by atoms with Gasteiger partial charge >= 0.3 is 0 Å². The maximum Gasteiger partial charge on any atom is 0.0366 e. The highest BCUT2D eigenvalue weighted by Gasteiger charge is 2.42. The van der Waals surface area contributed by atoms with Crippen LogP contribution in [0.15, 0.2) is 18.2 Å². The Balaban J connectivity index is 2.04. The molecule has 2 heteroatoms. The number of benzene rings is 1. The molecule has 1 aromatic rings. The summed E-state index contributed by atoms with van der Waals surface area (Å²) in [4.78, 5) is 2.40. The molecule has 0 bridgehead atoms. The molecule has 2 rings (SSSR count). The zero-order chi connectivity index (χ0) is 12.5. The molecule has 1 aromatic carbocycles. The van der Waals surface area contributed by atoms with Crippen LogP contribution in [0.1, 0.15) is 24.0 Å². The fraction of sp³-hybridized carbons (Fsp3) is 0.600. The molecule has 0 atom stereocenters. The van der Waals surface area contributed by atoms with Gasteiger partial charge < -0.3 is 10.2 Å². The first-order valence-corrected chi connectivity index (χ1v) is 6.49. The molecule has 94 valence electrons. The van der Waals surface area contributed by atoms with Crippen molar-refractivity contribution in [2.75, 3.05) is 32.1 Å². The van der Waals surface area contributed by atoms with Gasteiger partial charge in [-0.3, -0.25) is 0 Å². The van der Waals surface area contributed by atoms with E-state index in [1.807, 2.05) is 0 Å². The Hall–Kier alpha value is -1.02. The monoisotopic (exact) mass is 232 g/mol. The number of aryl methyl sites for hydroxylation is 2. The van der Waals surface area contributed by atoms with Gasteiger partial charge in [-0.2, -0.15) is 0 Å². The fourth-order valence-electron chi connectivity index (χ4n) is 2.50. The van der Waals surface area contributed by atoms with E-state index in [2.05, 4.69) is 56.4 Å². The normalized spacial score (nSPS) is 16.9. The largest absolute Gasteiger partial charge is 0.374 e. The van der Waals surface area contributed by atoms with Gasteiger partial charge in [0.2, 0.25) is 0 Å². The van der Waals surface area contributed by atoms with Crippen molar-refractivity contribution in [3.05, 3.63) is 29.3 Å². The Labute approximate surface area is 105 Å². The van der Waals surface area contributed by atoms with Crippen molar-refractivity contribution in [2.45, 2.75) is 26.7 Å². The highest BCUT2D eigenvalue weighted by molar-refractivity contribution is 5.50. The van der Waals surface area contributed by atoms with E-state index >= 15 is 0 Å². The Morgan fingerprint density at radius 3 is 2.47 bits per heavy atom. The highest BCUT2D eigenvalue weighted by atomic mass is 15.1. The first-order chi connectivity index (χ1) is 8.06. The SMILES string of the molecule is CNCC1(CN(C)c2ccc(C)c(C)c2)CC1. The minimum atomic E-state index is 0.530. The van der Waals surface area contributed by atoms with Crippen LogP contribution >= 0.6 is 0 Å². The van der Waals surface area contributed by atoms with Gasteiger partial charge in [-0.15, -0.1) is 0 Å². The van der Waals surface area contributed by atoms with Gasteiger partial charge in [0, 0.05) is 31.2 Å². The van der Waals surface area contributed by atoms with Crippen molar-refractivity contribution in [3.63, 3.8) is 0 Å². The summed E-state index contributed by atoms with van der Waals surface area (Å²) < 4.78 is 0. The van der Waals surface area contributed by atoms with E-state index in [0.717, 1.165) is 13.1 Å². The summed E-state index contributed by atoms with van der Waals surface area (Å²) in [5.41, 5.74) is 4.63. The standard InChI is InChI=1S/C15H24N2/c1-12-5-6-14(9-13(12)2)17(4)11-15(7-8-15)10-16-3/h5-6,9,16H,7-8,10-11H2,1-4H3. The molecule has 1 N–H and O–H groups in total. The molecule has 17 heavy (non-hydrogen) atoms. The molecule has 2 nitrogen and oxygen atoms in total. The lowest BCUT2D eigenvalue weighted by atomic mass is 10.1. The third-order valence-electron chi connectivity index (χ3n) is 4.01. The van der Waals surface area contributed by atoms with Gasteiger partial charge in [-0.25, -0.2) is 0 Å². The fourth-order valence-corrected chi connectivity index (χ4v) is 2.50. The predicted octanol–water partition coefficient (Wildman–Crippen LogP) is 2.74. The van der Waals surface area contributed by atoms with Crippen LogP contribution in [0.4, 0.5) is 5.69 Å². The lowest BCUT2D eigenvalue weighted by molar-refractivity contribution is 0.482. The summed E-state index contributed by atoms with van der Waals surface area (Å²) in [6.07, 6.45) is 2.73. The average molecular weight is 232 g/mol. The average Bonchev–Trinajstić information content (AvgIpc) is 3.02. The maximum atomic E-state index is 3.32. The Morgan fingerprint density at radius 1 is 1.24 bits per heavy atom. The molecule has 0 saturated heterocycles. The minimum absolute atomic E-state index is 0.530.